The SMILES string of the molecule is Cc1ccc2nc(CCCl)n(CC3CCC3)c2n1. The summed E-state index contributed by atoms with van der Waals surface area (Å²) in [7, 11) is 0. The first-order chi connectivity index (χ1) is 8.78. The van der Waals surface area contributed by atoms with Gasteiger partial charge in [-0.25, -0.2) is 9.97 Å². The highest BCUT2D eigenvalue weighted by atomic mass is 35.5. The molecule has 3 rings (SSSR count). The van der Waals surface area contributed by atoms with E-state index in [2.05, 4.69) is 20.6 Å². The topological polar surface area (TPSA) is 30.7 Å². The fourth-order valence-electron chi connectivity index (χ4n) is 2.54. The Bertz CT molecular complexity index is 557. The van der Waals surface area contributed by atoms with Gasteiger partial charge in [0.25, 0.3) is 0 Å². The van der Waals surface area contributed by atoms with Crippen molar-refractivity contribution in [1.82, 2.24) is 14.5 Å². The quantitative estimate of drug-likeness (QED) is 0.793. The molecule has 0 saturated heterocycles. The molecule has 2 heterocycles. The molecule has 4 heteroatoms. The van der Waals surface area contributed by atoms with Gasteiger partial charge >= 0.3 is 0 Å². The standard InChI is InChI=1S/C14H18ClN3/c1-10-5-6-12-14(16-10)18(9-11-3-2-4-11)13(17-12)7-8-15/h5-6,11H,2-4,7-9H2,1H3. The summed E-state index contributed by atoms with van der Waals surface area (Å²) in [5.74, 6) is 2.51. The number of aromatic nitrogens is 3. The maximum atomic E-state index is 5.88. The van der Waals surface area contributed by atoms with Gasteiger partial charge in [0, 0.05) is 24.5 Å². The third kappa shape index (κ3) is 2.12. The third-order valence-corrected chi connectivity index (χ3v) is 3.98. The van der Waals surface area contributed by atoms with Crippen molar-refractivity contribution in [2.75, 3.05) is 5.88 Å². The second-order valence-electron chi connectivity index (χ2n) is 5.17. The minimum atomic E-state index is 0.618. The molecule has 1 aliphatic rings. The number of aryl methyl sites for hydroxylation is 2. The number of fused-ring (bicyclic) bond motifs is 1. The minimum Gasteiger partial charge on any atom is -0.312 e. The Hall–Kier alpha value is -1.09. The van der Waals surface area contributed by atoms with E-state index in [1.165, 1.54) is 19.3 Å². The van der Waals surface area contributed by atoms with E-state index >= 15 is 0 Å². The molecule has 2 aromatic rings. The van der Waals surface area contributed by atoms with E-state index in [0.29, 0.717) is 5.88 Å². The van der Waals surface area contributed by atoms with Gasteiger partial charge in [-0.05, 0) is 37.8 Å². The minimum absolute atomic E-state index is 0.618. The van der Waals surface area contributed by atoms with Gasteiger partial charge in [-0.2, -0.15) is 0 Å². The van der Waals surface area contributed by atoms with Gasteiger partial charge < -0.3 is 4.57 Å². The molecule has 0 aromatic carbocycles. The molecular weight excluding hydrogens is 246 g/mol. The van der Waals surface area contributed by atoms with Crippen LogP contribution in [0.5, 0.6) is 0 Å². The third-order valence-electron chi connectivity index (χ3n) is 3.79. The van der Waals surface area contributed by atoms with Crippen LogP contribution in [0.1, 0.15) is 30.8 Å². The van der Waals surface area contributed by atoms with Gasteiger partial charge in [0.2, 0.25) is 0 Å². The van der Waals surface area contributed by atoms with Crippen molar-refractivity contribution in [1.29, 1.82) is 0 Å². The van der Waals surface area contributed by atoms with E-state index in [1.54, 1.807) is 0 Å². The maximum absolute atomic E-state index is 5.88. The predicted molar refractivity (Wildman–Crippen MR) is 74.0 cm³/mol. The number of hydrogen-bond acceptors (Lipinski definition) is 2. The fourth-order valence-corrected chi connectivity index (χ4v) is 2.71. The summed E-state index contributed by atoms with van der Waals surface area (Å²) in [6, 6.07) is 4.08. The van der Waals surface area contributed by atoms with Crippen LogP contribution in [0, 0.1) is 12.8 Å². The van der Waals surface area contributed by atoms with Crippen LogP contribution in [0.25, 0.3) is 11.2 Å². The summed E-state index contributed by atoms with van der Waals surface area (Å²) >= 11 is 5.88. The Morgan fingerprint density at radius 2 is 2.17 bits per heavy atom. The summed E-state index contributed by atoms with van der Waals surface area (Å²) in [5.41, 5.74) is 3.08. The van der Waals surface area contributed by atoms with Gasteiger partial charge in [0.15, 0.2) is 5.65 Å². The molecule has 18 heavy (non-hydrogen) atoms. The number of imidazole rings is 1. The molecule has 0 aliphatic heterocycles. The Balaban J connectivity index is 2.04. The van der Waals surface area contributed by atoms with Crippen molar-refractivity contribution in [3.63, 3.8) is 0 Å². The number of hydrogen-bond donors (Lipinski definition) is 0. The van der Waals surface area contributed by atoms with E-state index in [1.807, 2.05) is 13.0 Å². The molecule has 1 fully saturated rings. The number of alkyl halides is 1. The zero-order chi connectivity index (χ0) is 12.5. The van der Waals surface area contributed by atoms with Crippen molar-refractivity contribution >= 4 is 22.8 Å². The Morgan fingerprint density at radius 1 is 1.33 bits per heavy atom. The van der Waals surface area contributed by atoms with Crippen LogP contribution in [0.15, 0.2) is 12.1 Å². The molecule has 0 radical (unpaired) electrons. The first kappa shape index (κ1) is 12.0. The molecule has 0 spiro atoms. The zero-order valence-electron chi connectivity index (χ0n) is 10.7. The fraction of sp³-hybridized carbons (Fsp3) is 0.571. The summed E-state index contributed by atoms with van der Waals surface area (Å²) in [5, 5.41) is 0. The average Bonchev–Trinajstić information content (AvgIpc) is 2.62. The van der Waals surface area contributed by atoms with Crippen molar-refractivity contribution in [2.24, 2.45) is 5.92 Å². The molecule has 0 atom stereocenters. The van der Waals surface area contributed by atoms with Gasteiger partial charge in [-0.3, -0.25) is 0 Å². The van der Waals surface area contributed by atoms with E-state index in [-0.39, 0.29) is 0 Å². The van der Waals surface area contributed by atoms with Crippen LogP contribution in [-0.2, 0) is 13.0 Å². The summed E-state index contributed by atoms with van der Waals surface area (Å²) in [4.78, 5) is 9.32. The predicted octanol–water partition coefficient (Wildman–Crippen LogP) is 3.32. The lowest BCUT2D eigenvalue weighted by Crippen LogP contribution is -2.20. The number of halogens is 1. The summed E-state index contributed by atoms with van der Waals surface area (Å²) < 4.78 is 2.29. The monoisotopic (exact) mass is 263 g/mol. The zero-order valence-corrected chi connectivity index (χ0v) is 11.5. The normalized spacial score (nSPS) is 16.1. The number of nitrogens with zero attached hydrogens (tertiary/aromatic N) is 3. The molecule has 0 unspecified atom stereocenters. The van der Waals surface area contributed by atoms with E-state index < -0.39 is 0 Å². The molecule has 96 valence electrons. The lowest BCUT2D eigenvalue weighted by molar-refractivity contribution is 0.276. The summed E-state index contributed by atoms with van der Waals surface area (Å²) in [6.45, 7) is 3.08. The highest BCUT2D eigenvalue weighted by molar-refractivity contribution is 6.17. The molecule has 0 N–H and O–H groups in total. The van der Waals surface area contributed by atoms with E-state index in [4.69, 9.17) is 11.6 Å². The molecule has 3 nitrogen and oxygen atoms in total. The van der Waals surface area contributed by atoms with E-state index in [0.717, 1.165) is 41.6 Å². The Morgan fingerprint density at radius 3 is 2.83 bits per heavy atom. The van der Waals surface area contributed by atoms with Crippen LogP contribution >= 0.6 is 11.6 Å². The molecule has 2 aromatic heterocycles. The number of pyridine rings is 1. The molecule has 0 bridgehead atoms. The van der Waals surface area contributed by atoms with E-state index in [9.17, 15) is 0 Å². The van der Waals surface area contributed by atoms with Crippen molar-refractivity contribution < 1.29 is 0 Å². The van der Waals surface area contributed by atoms with Crippen molar-refractivity contribution in [2.45, 2.75) is 39.2 Å². The molecular formula is C14H18ClN3. The first-order valence-electron chi connectivity index (χ1n) is 6.66. The second kappa shape index (κ2) is 4.88. The van der Waals surface area contributed by atoms with Crippen molar-refractivity contribution in [3.05, 3.63) is 23.7 Å². The molecule has 1 saturated carbocycles. The lowest BCUT2D eigenvalue weighted by atomic mass is 9.85. The van der Waals surface area contributed by atoms with Crippen molar-refractivity contribution in [3.8, 4) is 0 Å². The lowest BCUT2D eigenvalue weighted by Gasteiger charge is -2.26. The van der Waals surface area contributed by atoms with Crippen LogP contribution in [0.3, 0.4) is 0 Å². The molecule has 1 aliphatic carbocycles. The summed E-state index contributed by atoms with van der Waals surface area (Å²) in [6.07, 6.45) is 4.87. The Kier molecular flexibility index (Phi) is 3.25. The Labute approximate surface area is 112 Å². The highest BCUT2D eigenvalue weighted by Gasteiger charge is 2.21. The van der Waals surface area contributed by atoms with Crippen LogP contribution in [0.2, 0.25) is 0 Å². The van der Waals surface area contributed by atoms with Crippen LogP contribution in [-0.4, -0.2) is 20.4 Å². The second-order valence-corrected chi connectivity index (χ2v) is 5.55. The number of rotatable bonds is 4. The largest absolute Gasteiger partial charge is 0.312 e. The van der Waals surface area contributed by atoms with Gasteiger partial charge in [0.1, 0.15) is 11.3 Å². The van der Waals surface area contributed by atoms with Gasteiger partial charge in [0.05, 0.1) is 0 Å². The molecule has 0 amide bonds. The van der Waals surface area contributed by atoms with Crippen LogP contribution in [0.4, 0.5) is 0 Å². The van der Waals surface area contributed by atoms with Gasteiger partial charge in [-0.15, -0.1) is 11.6 Å². The average molecular weight is 264 g/mol. The smallest absolute Gasteiger partial charge is 0.160 e. The highest BCUT2D eigenvalue weighted by Crippen LogP contribution is 2.29. The maximum Gasteiger partial charge on any atom is 0.160 e. The first-order valence-corrected chi connectivity index (χ1v) is 7.20. The van der Waals surface area contributed by atoms with Gasteiger partial charge in [-0.1, -0.05) is 6.42 Å². The van der Waals surface area contributed by atoms with Crippen LogP contribution < -0.4 is 0 Å².